The van der Waals surface area contributed by atoms with Crippen molar-refractivity contribution in [1.29, 1.82) is 0 Å². The van der Waals surface area contributed by atoms with E-state index < -0.39 is 0 Å². The summed E-state index contributed by atoms with van der Waals surface area (Å²) in [6, 6.07) is 11.0. The van der Waals surface area contributed by atoms with Crippen LogP contribution in [-0.2, 0) is 4.79 Å². The second-order valence-corrected chi connectivity index (χ2v) is 7.70. The zero-order chi connectivity index (χ0) is 20.8. The molecule has 1 N–H and O–H groups in total. The fourth-order valence-corrected chi connectivity index (χ4v) is 3.95. The van der Waals surface area contributed by atoms with Crippen LogP contribution in [0, 0.1) is 0 Å². The summed E-state index contributed by atoms with van der Waals surface area (Å²) in [4.78, 5) is 39.8. The minimum Gasteiger partial charge on any atom is -0.356 e. The quantitative estimate of drug-likeness (QED) is 0.808. The molecule has 0 saturated carbocycles. The highest BCUT2D eigenvalue weighted by Gasteiger charge is 2.23. The first-order valence-electron chi connectivity index (χ1n) is 10.6. The van der Waals surface area contributed by atoms with Gasteiger partial charge in [0.15, 0.2) is 0 Å². The summed E-state index contributed by atoms with van der Waals surface area (Å²) in [6.45, 7) is 4.77. The number of piperidine rings is 1. The number of hydrogen-bond donors (Lipinski definition) is 1. The number of amides is 2. The fraction of sp³-hybridized carbons (Fsp3) is 0.455. The molecule has 1 aromatic heterocycles. The Kier molecular flexibility index (Phi) is 6.41. The summed E-state index contributed by atoms with van der Waals surface area (Å²) >= 11 is 0. The Morgan fingerprint density at radius 1 is 0.833 bits per heavy atom. The van der Waals surface area contributed by atoms with Gasteiger partial charge in [-0.2, -0.15) is 0 Å². The van der Waals surface area contributed by atoms with E-state index in [0.29, 0.717) is 18.7 Å². The molecule has 2 aliphatic heterocycles. The first-order chi connectivity index (χ1) is 14.7. The van der Waals surface area contributed by atoms with Crippen LogP contribution in [0.3, 0.4) is 0 Å². The van der Waals surface area contributed by atoms with Gasteiger partial charge in [-0.3, -0.25) is 9.59 Å². The second kappa shape index (κ2) is 9.56. The molecule has 30 heavy (non-hydrogen) atoms. The monoisotopic (exact) mass is 408 g/mol. The number of benzene rings is 1. The molecular formula is C22H28N6O2. The van der Waals surface area contributed by atoms with Crippen molar-refractivity contribution in [2.24, 2.45) is 0 Å². The molecule has 0 radical (unpaired) electrons. The number of carbonyl (C=O) groups is 2. The largest absolute Gasteiger partial charge is 0.356 e. The fourth-order valence-electron chi connectivity index (χ4n) is 3.95. The molecular weight excluding hydrogens is 380 g/mol. The molecule has 2 fully saturated rings. The molecule has 0 atom stereocenters. The molecule has 0 unspecified atom stereocenters. The Bertz CT molecular complexity index is 861. The van der Waals surface area contributed by atoms with Crippen LogP contribution in [0.5, 0.6) is 0 Å². The number of piperazine rings is 1. The lowest BCUT2D eigenvalue weighted by Crippen LogP contribution is -2.51. The van der Waals surface area contributed by atoms with E-state index in [1.54, 1.807) is 35.5 Å². The van der Waals surface area contributed by atoms with Gasteiger partial charge in [-0.1, -0.05) is 18.2 Å². The van der Waals surface area contributed by atoms with Gasteiger partial charge in [-0.05, 0) is 31.4 Å². The number of hydrogen-bond acceptors (Lipinski definition) is 6. The van der Waals surface area contributed by atoms with Crippen molar-refractivity contribution >= 4 is 23.5 Å². The van der Waals surface area contributed by atoms with E-state index in [4.69, 9.17) is 0 Å². The molecule has 2 saturated heterocycles. The Labute approximate surface area is 176 Å². The smallest absolute Gasteiger partial charge is 0.251 e. The predicted octanol–water partition coefficient (Wildman–Crippen LogP) is 1.55. The summed E-state index contributed by atoms with van der Waals surface area (Å²) in [6.07, 6.45) is 5.34. The van der Waals surface area contributed by atoms with E-state index in [0.717, 1.165) is 37.8 Å². The van der Waals surface area contributed by atoms with Gasteiger partial charge in [0, 0.05) is 50.9 Å². The maximum Gasteiger partial charge on any atom is 0.251 e. The topological polar surface area (TPSA) is 81.7 Å². The van der Waals surface area contributed by atoms with Crippen LogP contribution in [0.1, 0.15) is 29.6 Å². The Balaban J connectivity index is 1.27. The third-order valence-electron chi connectivity index (χ3n) is 5.71. The Morgan fingerprint density at radius 3 is 2.13 bits per heavy atom. The number of nitrogens with zero attached hydrogens (tertiary/aromatic N) is 5. The van der Waals surface area contributed by atoms with Gasteiger partial charge in [0.05, 0.1) is 6.54 Å². The van der Waals surface area contributed by atoms with E-state index in [-0.39, 0.29) is 18.4 Å². The Morgan fingerprint density at radius 2 is 1.47 bits per heavy atom. The van der Waals surface area contributed by atoms with Gasteiger partial charge >= 0.3 is 0 Å². The summed E-state index contributed by atoms with van der Waals surface area (Å²) in [5.74, 6) is 1.61. The number of nitrogens with one attached hydrogen (secondary N) is 1. The summed E-state index contributed by atoms with van der Waals surface area (Å²) in [5, 5.41) is 2.71. The standard InChI is InChI=1S/C22H28N6O2/c29-21(16-23-22(30)18-7-3-1-4-8-18)28-13-11-27(12-14-28)20-15-19(24-17-25-20)26-9-5-2-6-10-26/h1,3-4,7-8,15,17H,2,5-6,9-14,16H2,(H,23,30). The van der Waals surface area contributed by atoms with Gasteiger partial charge in [0.25, 0.3) is 5.91 Å². The van der Waals surface area contributed by atoms with Gasteiger partial charge in [-0.15, -0.1) is 0 Å². The SMILES string of the molecule is O=C(NCC(=O)N1CCN(c2cc(N3CCCCC3)ncn2)CC1)c1ccccc1. The molecule has 158 valence electrons. The number of carbonyl (C=O) groups excluding carboxylic acids is 2. The lowest BCUT2D eigenvalue weighted by Gasteiger charge is -2.36. The molecule has 4 rings (SSSR count). The van der Waals surface area contributed by atoms with Gasteiger partial charge < -0.3 is 20.0 Å². The van der Waals surface area contributed by atoms with Crippen LogP contribution in [0.2, 0.25) is 0 Å². The summed E-state index contributed by atoms with van der Waals surface area (Å²) in [5.41, 5.74) is 0.559. The summed E-state index contributed by atoms with van der Waals surface area (Å²) in [7, 11) is 0. The van der Waals surface area contributed by atoms with Crippen molar-refractivity contribution in [3.05, 3.63) is 48.3 Å². The van der Waals surface area contributed by atoms with E-state index >= 15 is 0 Å². The van der Waals surface area contributed by atoms with Gasteiger partial charge in [-0.25, -0.2) is 9.97 Å². The van der Waals surface area contributed by atoms with Crippen LogP contribution in [-0.4, -0.2) is 72.5 Å². The summed E-state index contributed by atoms with van der Waals surface area (Å²) < 4.78 is 0. The normalized spacial score (nSPS) is 17.0. The number of aromatic nitrogens is 2. The molecule has 0 bridgehead atoms. The highest BCUT2D eigenvalue weighted by Crippen LogP contribution is 2.22. The van der Waals surface area contributed by atoms with E-state index in [1.165, 1.54) is 19.3 Å². The maximum absolute atomic E-state index is 12.5. The third kappa shape index (κ3) is 4.87. The van der Waals surface area contributed by atoms with Gasteiger partial charge in [0.1, 0.15) is 18.0 Å². The molecule has 8 nitrogen and oxygen atoms in total. The Hall–Kier alpha value is -3.16. The molecule has 0 spiro atoms. The van der Waals surface area contributed by atoms with Crippen molar-refractivity contribution in [3.8, 4) is 0 Å². The minimum atomic E-state index is -0.228. The van der Waals surface area contributed by atoms with Crippen molar-refractivity contribution < 1.29 is 9.59 Å². The average Bonchev–Trinajstić information content (AvgIpc) is 2.83. The zero-order valence-corrected chi connectivity index (χ0v) is 17.2. The molecule has 2 amide bonds. The van der Waals surface area contributed by atoms with Crippen molar-refractivity contribution in [2.75, 3.05) is 55.6 Å². The number of anilines is 2. The first kappa shape index (κ1) is 20.1. The minimum absolute atomic E-state index is 0.0142. The molecule has 1 aromatic carbocycles. The van der Waals surface area contributed by atoms with Crippen LogP contribution >= 0.6 is 0 Å². The maximum atomic E-state index is 12.5. The third-order valence-corrected chi connectivity index (χ3v) is 5.71. The van der Waals surface area contributed by atoms with E-state index in [2.05, 4.69) is 31.2 Å². The van der Waals surface area contributed by atoms with E-state index in [1.807, 2.05) is 6.07 Å². The van der Waals surface area contributed by atoms with Crippen LogP contribution < -0.4 is 15.1 Å². The van der Waals surface area contributed by atoms with Crippen LogP contribution in [0.25, 0.3) is 0 Å². The van der Waals surface area contributed by atoms with E-state index in [9.17, 15) is 9.59 Å². The second-order valence-electron chi connectivity index (χ2n) is 7.70. The predicted molar refractivity (Wildman–Crippen MR) is 116 cm³/mol. The van der Waals surface area contributed by atoms with Crippen molar-refractivity contribution in [2.45, 2.75) is 19.3 Å². The average molecular weight is 409 g/mol. The van der Waals surface area contributed by atoms with Crippen LogP contribution in [0.15, 0.2) is 42.7 Å². The van der Waals surface area contributed by atoms with Crippen molar-refractivity contribution in [1.82, 2.24) is 20.2 Å². The first-order valence-corrected chi connectivity index (χ1v) is 10.6. The molecule has 8 heteroatoms. The van der Waals surface area contributed by atoms with Crippen LogP contribution in [0.4, 0.5) is 11.6 Å². The molecule has 2 aliphatic rings. The molecule has 2 aromatic rings. The molecule has 0 aliphatic carbocycles. The lowest BCUT2D eigenvalue weighted by molar-refractivity contribution is -0.130. The lowest BCUT2D eigenvalue weighted by atomic mass is 10.1. The molecule has 3 heterocycles. The zero-order valence-electron chi connectivity index (χ0n) is 17.2. The van der Waals surface area contributed by atoms with Crippen molar-refractivity contribution in [3.63, 3.8) is 0 Å². The highest BCUT2D eigenvalue weighted by atomic mass is 16.2. The highest BCUT2D eigenvalue weighted by molar-refractivity contribution is 5.96. The number of rotatable bonds is 5. The van der Waals surface area contributed by atoms with Gasteiger partial charge in [0.2, 0.25) is 5.91 Å².